The Morgan fingerprint density at radius 3 is 2.76 bits per heavy atom. The monoisotopic (exact) mass is 252 g/mol. The highest BCUT2D eigenvalue weighted by atomic mass is 32.1. The molecule has 1 aromatic heterocycles. The summed E-state index contributed by atoms with van der Waals surface area (Å²) < 4.78 is 0. The second-order valence-corrected chi connectivity index (χ2v) is 5.65. The summed E-state index contributed by atoms with van der Waals surface area (Å²) in [6.45, 7) is 7.50. The zero-order chi connectivity index (χ0) is 12.4. The predicted molar refractivity (Wildman–Crippen MR) is 72.2 cm³/mol. The zero-order valence-corrected chi connectivity index (χ0v) is 11.6. The minimum Gasteiger partial charge on any atom is -0.346 e. The van der Waals surface area contributed by atoms with Crippen molar-refractivity contribution in [2.45, 2.75) is 52.5 Å². The lowest BCUT2D eigenvalue weighted by Crippen LogP contribution is -2.32. The van der Waals surface area contributed by atoms with E-state index >= 15 is 0 Å². The summed E-state index contributed by atoms with van der Waals surface area (Å²) in [5.41, 5.74) is 0.748. The Morgan fingerprint density at radius 2 is 2.18 bits per heavy atom. The number of rotatable bonds is 4. The van der Waals surface area contributed by atoms with Gasteiger partial charge in [-0.05, 0) is 33.1 Å². The molecule has 4 heteroatoms. The molecule has 0 aliphatic heterocycles. The lowest BCUT2D eigenvalue weighted by Gasteiger charge is -2.26. The van der Waals surface area contributed by atoms with Crippen molar-refractivity contribution in [1.82, 2.24) is 4.98 Å². The Morgan fingerprint density at radius 1 is 1.41 bits per heavy atom. The lowest BCUT2D eigenvalue weighted by molar-refractivity contribution is 0.0968. The van der Waals surface area contributed by atoms with Crippen molar-refractivity contribution in [3.63, 3.8) is 0 Å². The van der Waals surface area contributed by atoms with Crippen LogP contribution in [-0.4, -0.2) is 23.4 Å². The summed E-state index contributed by atoms with van der Waals surface area (Å²) in [4.78, 5) is 19.8. The normalized spacial score (nSPS) is 16.8. The summed E-state index contributed by atoms with van der Waals surface area (Å²) >= 11 is 1.71. The minimum atomic E-state index is 0.231. The molecule has 0 saturated heterocycles. The van der Waals surface area contributed by atoms with E-state index in [9.17, 15) is 4.79 Å². The molecule has 1 unspecified atom stereocenters. The van der Waals surface area contributed by atoms with Crippen molar-refractivity contribution >= 4 is 22.3 Å². The van der Waals surface area contributed by atoms with E-state index in [2.05, 4.69) is 30.7 Å². The largest absolute Gasteiger partial charge is 0.346 e. The third kappa shape index (κ3) is 2.37. The van der Waals surface area contributed by atoms with Crippen molar-refractivity contribution in [2.24, 2.45) is 0 Å². The molecule has 3 nitrogen and oxygen atoms in total. The molecule has 0 bridgehead atoms. The molecule has 0 fully saturated rings. The predicted octanol–water partition coefficient (Wildman–Crippen LogP) is 3.29. The van der Waals surface area contributed by atoms with E-state index in [4.69, 9.17) is 0 Å². The van der Waals surface area contributed by atoms with Crippen LogP contribution in [0.25, 0.3) is 0 Å². The molecule has 0 amide bonds. The van der Waals surface area contributed by atoms with Gasteiger partial charge in [0.1, 0.15) is 5.69 Å². The summed E-state index contributed by atoms with van der Waals surface area (Å²) in [6, 6.07) is 0.489. The van der Waals surface area contributed by atoms with Gasteiger partial charge >= 0.3 is 0 Å². The fourth-order valence-electron chi connectivity index (χ4n) is 2.23. The Hall–Kier alpha value is -0.900. The van der Waals surface area contributed by atoms with Crippen LogP contribution in [0.15, 0.2) is 0 Å². The van der Waals surface area contributed by atoms with Gasteiger partial charge in [-0.15, -0.1) is 11.3 Å². The molecular weight excluding hydrogens is 232 g/mol. The lowest BCUT2D eigenvalue weighted by atomic mass is 10.0. The summed E-state index contributed by atoms with van der Waals surface area (Å²) in [7, 11) is 0. The van der Waals surface area contributed by atoms with Crippen molar-refractivity contribution in [3.8, 4) is 0 Å². The van der Waals surface area contributed by atoms with Crippen molar-refractivity contribution in [2.75, 3.05) is 11.4 Å². The van der Waals surface area contributed by atoms with Gasteiger partial charge in [-0.2, -0.15) is 0 Å². The third-order valence-electron chi connectivity index (χ3n) is 3.47. The van der Waals surface area contributed by atoms with Crippen LogP contribution in [-0.2, 0) is 6.42 Å². The maximum atomic E-state index is 11.8. The average molecular weight is 252 g/mol. The molecule has 1 aliphatic carbocycles. The maximum Gasteiger partial charge on any atom is 0.186 e. The van der Waals surface area contributed by atoms with Gasteiger partial charge in [0.05, 0.1) is 0 Å². The van der Waals surface area contributed by atoms with Gasteiger partial charge in [0.15, 0.2) is 10.9 Å². The van der Waals surface area contributed by atoms with E-state index < -0.39 is 0 Å². The Kier molecular flexibility index (Phi) is 3.82. The molecule has 0 spiro atoms. The minimum absolute atomic E-state index is 0.231. The highest BCUT2D eigenvalue weighted by Gasteiger charge is 2.24. The van der Waals surface area contributed by atoms with Crippen molar-refractivity contribution in [1.29, 1.82) is 0 Å². The number of ketones is 1. The molecule has 1 atom stereocenters. The first-order valence-corrected chi connectivity index (χ1v) is 7.28. The summed E-state index contributed by atoms with van der Waals surface area (Å²) in [6.07, 6.45) is 3.79. The molecule has 17 heavy (non-hydrogen) atoms. The number of carbonyl (C=O) groups excluding carboxylic acids is 1. The maximum absolute atomic E-state index is 11.8. The fourth-order valence-corrected chi connectivity index (χ4v) is 3.52. The van der Waals surface area contributed by atoms with E-state index in [1.165, 1.54) is 4.88 Å². The highest BCUT2D eigenvalue weighted by Crippen LogP contribution is 2.32. The van der Waals surface area contributed by atoms with Gasteiger partial charge in [0, 0.05) is 23.9 Å². The van der Waals surface area contributed by atoms with E-state index in [-0.39, 0.29) is 5.78 Å². The summed E-state index contributed by atoms with van der Waals surface area (Å²) in [5, 5.41) is 1.03. The number of hydrogen-bond donors (Lipinski definition) is 0. The number of thiazole rings is 1. The number of nitrogens with zero attached hydrogens (tertiary/aromatic N) is 2. The van der Waals surface area contributed by atoms with Crippen molar-refractivity contribution < 1.29 is 4.79 Å². The average Bonchev–Trinajstić information content (AvgIpc) is 2.75. The van der Waals surface area contributed by atoms with Gasteiger partial charge in [-0.1, -0.05) is 6.92 Å². The number of anilines is 1. The number of aromatic nitrogens is 1. The van der Waals surface area contributed by atoms with Crippen LogP contribution in [0.2, 0.25) is 0 Å². The van der Waals surface area contributed by atoms with Gasteiger partial charge in [-0.3, -0.25) is 4.79 Å². The van der Waals surface area contributed by atoms with Crippen LogP contribution in [0.4, 0.5) is 5.13 Å². The quantitative estimate of drug-likeness (QED) is 0.824. The third-order valence-corrected chi connectivity index (χ3v) is 4.62. The molecule has 0 aromatic carbocycles. The molecule has 1 heterocycles. The number of fused-ring (bicyclic) bond motifs is 1. The van der Waals surface area contributed by atoms with Crippen LogP contribution < -0.4 is 4.90 Å². The van der Waals surface area contributed by atoms with Crippen LogP contribution >= 0.6 is 11.3 Å². The molecule has 0 N–H and O–H groups in total. The van der Waals surface area contributed by atoms with Gasteiger partial charge in [-0.25, -0.2) is 4.98 Å². The fraction of sp³-hybridized carbons (Fsp3) is 0.692. The Bertz CT molecular complexity index is 414. The number of Topliss-reactive ketones (excluding diaryl/α,β-unsaturated/α-hetero) is 1. The topological polar surface area (TPSA) is 33.2 Å². The molecule has 0 radical (unpaired) electrons. The standard InChI is InChI=1S/C13H20N2OS/c1-4-9(3)15(5-2)13-14-12-10(16)7-6-8-11(12)17-13/h9H,4-8H2,1-3H3. The van der Waals surface area contributed by atoms with Crippen molar-refractivity contribution in [3.05, 3.63) is 10.6 Å². The molecular formula is C13H20N2OS. The first-order chi connectivity index (χ1) is 8.17. The zero-order valence-electron chi connectivity index (χ0n) is 10.8. The Labute approximate surface area is 107 Å². The first-order valence-electron chi connectivity index (χ1n) is 6.46. The smallest absolute Gasteiger partial charge is 0.186 e. The van der Waals surface area contributed by atoms with E-state index in [1.807, 2.05) is 0 Å². The SMILES string of the molecule is CCC(C)N(CC)c1nc2c(s1)CCCC2=O. The number of carbonyl (C=O) groups is 1. The molecule has 2 rings (SSSR count). The second kappa shape index (κ2) is 5.17. The first kappa shape index (κ1) is 12.6. The highest BCUT2D eigenvalue weighted by molar-refractivity contribution is 7.16. The van der Waals surface area contributed by atoms with E-state index in [1.54, 1.807) is 11.3 Å². The number of hydrogen-bond acceptors (Lipinski definition) is 4. The van der Waals surface area contributed by atoms with E-state index in [0.717, 1.165) is 36.6 Å². The van der Waals surface area contributed by atoms with E-state index in [0.29, 0.717) is 12.5 Å². The Balaban J connectivity index is 2.30. The van der Waals surface area contributed by atoms with Crippen LogP contribution in [0.3, 0.4) is 0 Å². The van der Waals surface area contributed by atoms with Gasteiger partial charge in [0.2, 0.25) is 0 Å². The molecule has 1 aliphatic rings. The van der Waals surface area contributed by atoms with Crippen LogP contribution in [0.5, 0.6) is 0 Å². The van der Waals surface area contributed by atoms with Crippen LogP contribution in [0, 0.1) is 0 Å². The molecule has 1 aromatic rings. The molecule has 0 saturated carbocycles. The van der Waals surface area contributed by atoms with Crippen LogP contribution in [0.1, 0.15) is 55.4 Å². The molecule has 94 valence electrons. The van der Waals surface area contributed by atoms with Gasteiger partial charge < -0.3 is 4.90 Å². The number of aryl methyl sites for hydroxylation is 1. The van der Waals surface area contributed by atoms with Gasteiger partial charge in [0.25, 0.3) is 0 Å². The summed E-state index contributed by atoms with van der Waals surface area (Å²) in [5.74, 6) is 0.231. The second-order valence-electron chi connectivity index (χ2n) is 4.59.